The molecule has 0 saturated carbocycles. The molecule has 2 nitrogen and oxygen atoms in total. The third kappa shape index (κ3) is 11.3. The molecule has 1 aromatic heterocycles. The fourth-order valence-corrected chi connectivity index (χ4v) is 4.19. The zero-order valence-electron chi connectivity index (χ0n) is 19.9. The smallest absolute Gasteiger partial charge is 0.111 e. The number of imidazole rings is 1. The van der Waals surface area contributed by atoms with Gasteiger partial charge in [0.25, 0.3) is 0 Å². The molecule has 0 bridgehead atoms. The first kappa shape index (κ1) is 25.2. The predicted octanol–water partition coefficient (Wildman–Crippen LogP) is 8.91. The van der Waals surface area contributed by atoms with Gasteiger partial charge in [0.05, 0.1) is 5.69 Å². The Morgan fingerprint density at radius 3 is 1.54 bits per heavy atom. The highest BCUT2D eigenvalue weighted by molar-refractivity contribution is 5.10. The van der Waals surface area contributed by atoms with Crippen LogP contribution in [0.15, 0.2) is 6.20 Å². The molecule has 0 aromatic carbocycles. The average Bonchev–Trinajstić information content (AvgIpc) is 3.07. The SMILES string of the molecule is CCCCCCCCCCCCCCCCCC(C)c1nc(C(C)C)cn1C. The molecule has 1 aromatic rings. The summed E-state index contributed by atoms with van der Waals surface area (Å²) in [4.78, 5) is 4.86. The van der Waals surface area contributed by atoms with Crippen molar-refractivity contribution in [3.8, 4) is 0 Å². The number of aromatic nitrogens is 2. The topological polar surface area (TPSA) is 17.8 Å². The summed E-state index contributed by atoms with van der Waals surface area (Å²) in [7, 11) is 2.15. The number of aryl methyl sites for hydroxylation is 1. The Morgan fingerprint density at radius 2 is 1.14 bits per heavy atom. The second-order valence-corrected chi connectivity index (χ2v) is 9.43. The van der Waals surface area contributed by atoms with Gasteiger partial charge in [0.2, 0.25) is 0 Å². The highest BCUT2D eigenvalue weighted by Gasteiger charge is 2.14. The van der Waals surface area contributed by atoms with Gasteiger partial charge in [-0.25, -0.2) is 4.98 Å². The van der Waals surface area contributed by atoms with E-state index in [9.17, 15) is 0 Å². The molecule has 1 rings (SSSR count). The fraction of sp³-hybridized carbons (Fsp3) is 0.885. The van der Waals surface area contributed by atoms with Gasteiger partial charge in [-0.2, -0.15) is 0 Å². The monoisotopic (exact) mass is 390 g/mol. The van der Waals surface area contributed by atoms with Crippen LogP contribution in [0.25, 0.3) is 0 Å². The minimum absolute atomic E-state index is 0.526. The third-order valence-corrected chi connectivity index (χ3v) is 6.20. The predicted molar refractivity (Wildman–Crippen MR) is 125 cm³/mol. The van der Waals surface area contributed by atoms with Gasteiger partial charge < -0.3 is 4.57 Å². The molecule has 0 saturated heterocycles. The first-order valence-corrected chi connectivity index (χ1v) is 12.6. The van der Waals surface area contributed by atoms with Crippen LogP contribution in [0.5, 0.6) is 0 Å². The Morgan fingerprint density at radius 1 is 0.714 bits per heavy atom. The summed E-state index contributed by atoms with van der Waals surface area (Å²) in [5, 5.41) is 0. The minimum Gasteiger partial charge on any atom is -0.337 e. The number of nitrogens with zero attached hydrogens (tertiary/aromatic N) is 2. The molecule has 0 aliphatic carbocycles. The van der Waals surface area contributed by atoms with Crippen LogP contribution >= 0.6 is 0 Å². The summed E-state index contributed by atoms with van der Waals surface area (Å²) in [6, 6.07) is 0. The van der Waals surface area contributed by atoms with Crippen molar-refractivity contribution < 1.29 is 0 Å². The normalized spacial score (nSPS) is 12.8. The summed E-state index contributed by atoms with van der Waals surface area (Å²) in [5.41, 5.74) is 1.24. The van der Waals surface area contributed by atoms with E-state index in [1.165, 1.54) is 114 Å². The Balaban J connectivity index is 1.91. The van der Waals surface area contributed by atoms with E-state index in [0.29, 0.717) is 11.8 Å². The number of unbranched alkanes of at least 4 members (excludes halogenated alkanes) is 14. The van der Waals surface area contributed by atoms with Crippen LogP contribution < -0.4 is 0 Å². The number of hydrogen-bond acceptors (Lipinski definition) is 1. The maximum Gasteiger partial charge on any atom is 0.111 e. The number of rotatable bonds is 18. The standard InChI is InChI=1S/C26H50N2/c1-6-7-8-9-10-11-12-13-14-15-16-17-18-19-20-21-24(4)26-27-25(23(2)3)22-28(26)5/h22-24H,6-21H2,1-5H3. The van der Waals surface area contributed by atoms with E-state index in [2.05, 4.69) is 45.5 Å². The van der Waals surface area contributed by atoms with E-state index in [-0.39, 0.29) is 0 Å². The lowest BCUT2D eigenvalue weighted by atomic mass is 10.0. The van der Waals surface area contributed by atoms with Gasteiger partial charge in [0, 0.05) is 19.2 Å². The third-order valence-electron chi connectivity index (χ3n) is 6.20. The molecule has 1 heterocycles. The molecule has 0 aliphatic heterocycles. The quantitative estimate of drug-likeness (QED) is 0.229. The van der Waals surface area contributed by atoms with Gasteiger partial charge in [-0.1, -0.05) is 124 Å². The second kappa shape index (κ2) is 16.1. The van der Waals surface area contributed by atoms with Crippen molar-refractivity contribution in [1.82, 2.24) is 9.55 Å². The van der Waals surface area contributed by atoms with Crippen LogP contribution in [0.3, 0.4) is 0 Å². The van der Waals surface area contributed by atoms with Crippen molar-refractivity contribution >= 4 is 0 Å². The molecule has 0 radical (unpaired) electrons. The van der Waals surface area contributed by atoms with Gasteiger partial charge in [-0.3, -0.25) is 0 Å². The summed E-state index contributed by atoms with van der Waals surface area (Å²) in [5.74, 6) is 2.38. The summed E-state index contributed by atoms with van der Waals surface area (Å²) in [6.07, 6.45) is 25.0. The molecule has 1 atom stereocenters. The lowest BCUT2D eigenvalue weighted by Gasteiger charge is -2.11. The molecule has 1 unspecified atom stereocenters. The zero-order valence-corrected chi connectivity index (χ0v) is 19.9. The Hall–Kier alpha value is -0.790. The van der Waals surface area contributed by atoms with Gasteiger partial charge in [0.15, 0.2) is 0 Å². The Kier molecular flexibility index (Phi) is 14.5. The second-order valence-electron chi connectivity index (χ2n) is 9.43. The van der Waals surface area contributed by atoms with Crippen LogP contribution in [-0.2, 0) is 7.05 Å². The van der Waals surface area contributed by atoms with Crippen LogP contribution in [0.4, 0.5) is 0 Å². The van der Waals surface area contributed by atoms with Crippen molar-refractivity contribution in [2.24, 2.45) is 7.05 Å². The molecule has 164 valence electrons. The molecule has 0 aliphatic rings. The van der Waals surface area contributed by atoms with Gasteiger partial charge in [0.1, 0.15) is 5.82 Å². The molecular formula is C26H50N2. The van der Waals surface area contributed by atoms with Gasteiger partial charge >= 0.3 is 0 Å². The summed E-state index contributed by atoms with van der Waals surface area (Å²) >= 11 is 0. The molecule has 0 spiro atoms. The average molecular weight is 391 g/mol. The highest BCUT2D eigenvalue weighted by atomic mass is 15.1. The van der Waals surface area contributed by atoms with Gasteiger partial charge in [-0.15, -0.1) is 0 Å². The largest absolute Gasteiger partial charge is 0.337 e. The first-order chi connectivity index (χ1) is 13.6. The van der Waals surface area contributed by atoms with Gasteiger partial charge in [-0.05, 0) is 12.3 Å². The van der Waals surface area contributed by atoms with Crippen LogP contribution in [0.1, 0.15) is 154 Å². The van der Waals surface area contributed by atoms with E-state index >= 15 is 0 Å². The van der Waals surface area contributed by atoms with E-state index in [4.69, 9.17) is 4.98 Å². The van der Waals surface area contributed by atoms with Crippen LogP contribution in [-0.4, -0.2) is 9.55 Å². The molecular weight excluding hydrogens is 340 g/mol. The molecule has 2 heteroatoms. The lowest BCUT2D eigenvalue weighted by molar-refractivity contribution is 0.515. The van der Waals surface area contributed by atoms with Crippen LogP contribution in [0.2, 0.25) is 0 Å². The molecule has 0 N–H and O–H groups in total. The van der Waals surface area contributed by atoms with Crippen molar-refractivity contribution in [3.63, 3.8) is 0 Å². The van der Waals surface area contributed by atoms with Crippen molar-refractivity contribution in [2.75, 3.05) is 0 Å². The van der Waals surface area contributed by atoms with Crippen LogP contribution in [0, 0.1) is 0 Å². The fourth-order valence-electron chi connectivity index (χ4n) is 4.19. The maximum atomic E-state index is 4.86. The van der Waals surface area contributed by atoms with E-state index in [0.717, 1.165) is 0 Å². The van der Waals surface area contributed by atoms with E-state index in [1.807, 2.05) is 0 Å². The highest BCUT2D eigenvalue weighted by Crippen LogP contribution is 2.24. The summed E-state index contributed by atoms with van der Waals surface area (Å²) < 4.78 is 2.24. The van der Waals surface area contributed by atoms with E-state index < -0.39 is 0 Å². The zero-order chi connectivity index (χ0) is 20.6. The lowest BCUT2D eigenvalue weighted by Crippen LogP contribution is -2.02. The summed E-state index contributed by atoms with van der Waals surface area (Å²) in [6.45, 7) is 9.10. The van der Waals surface area contributed by atoms with Crippen molar-refractivity contribution in [2.45, 2.75) is 142 Å². The van der Waals surface area contributed by atoms with Crippen molar-refractivity contribution in [1.29, 1.82) is 0 Å². The van der Waals surface area contributed by atoms with E-state index in [1.54, 1.807) is 0 Å². The minimum atomic E-state index is 0.526. The number of hydrogen-bond donors (Lipinski definition) is 0. The van der Waals surface area contributed by atoms with Crippen molar-refractivity contribution in [3.05, 3.63) is 17.7 Å². The Bertz CT molecular complexity index is 475. The molecule has 28 heavy (non-hydrogen) atoms. The Labute approximate surface area is 176 Å². The molecule has 0 amide bonds. The molecule has 0 fully saturated rings. The first-order valence-electron chi connectivity index (χ1n) is 12.6. The maximum absolute atomic E-state index is 4.86.